The van der Waals surface area contributed by atoms with Crippen molar-refractivity contribution in [3.8, 4) is 10.4 Å². The molecular formula is C15H16N4O5S. The first-order valence-corrected chi connectivity index (χ1v) is 7.97. The Morgan fingerprint density at radius 2 is 1.84 bits per heavy atom. The van der Waals surface area contributed by atoms with Crippen molar-refractivity contribution in [3.63, 3.8) is 0 Å². The maximum Gasteiger partial charge on any atom is 0.421 e. The van der Waals surface area contributed by atoms with Gasteiger partial charge in [0.2, 0.25) is 5.91 Å². The molecule has 0 saturated carbocycles. The van der Waals surface area contributed by atoms with Gasteiger partial charge in [0.25, 0.3) is 0 Å². The Morgan fingerprint density at radius 1 is 1.16 bits per heavy atom. The molecule has 1 aromatic carbocycles. The zero-order valence-corrected chi connectivity index (χ0v) is 14.1. The fourth-order valence-corrected chi connectivity index (χ4v) is 2.83. The summed E-state index contributed by atoms with van der Waals surface area (Å²) in [5.74, 6) is 3.87. The predicted molar refractivity (Wildman–Crippen MR) is 90.8 cm³/mol. The molecule has 2 aromatic rings. The number of thiazole rings is 1. The number of carbonyl (C=O) groups is 3. The highest BCUT2D eigenvalue weighted by Gasteiger charge is 2.21. The van der Waals surface area contributed by atoms with Crippen LogP contribution in [0.5, 0.6) is 0 Å². The van der Waals surface area contributed by atoms with E-state index in [1.54, 1.807) is 5.43 Å². The zero-order valence-electron chi connectivity index (χ0n) is 13.3. The number of nitrogens with two attached hydrogens (primary N) is 1. The van der Waals surface area contributed by atoms with E-state index in [1.165, 1.54) is 6.92 Å². The van der Waals surface area contributed by atoms with Crippen molar-refractivity contribution in [1.82, 2.24) is 10.4 Å². The molecule has 0 radical (unpaired) electrons. The van der Waals surface area contributed by atoms with Crippen molar-refractivity contribution < 1.29 is 23.9 Å². The van der Waals surface area contributed by atoms with Gasteiger partial charge in [-0.25, -0.2) is 20.4 Å². The molecule has 0 bridgehead atoms. The Kier molecular flexibility index (Phi) is 6.43. The van der Waals surface area contributed by atoms with Crippen molar-refractivity contribution in [2.45, 2.75) is 6.92 Å². The van der Waals surface area contributed by atoms with Crippen LogP contribution in [0.1, 0.15) is 17.4 Å². The Hall–Kier alpha value is -2.98. The zero-order chi connectivity index (χ0) is 18.2. The summed E-state index contributed by atoms with van der Waals surface area (Å²) in [4.78, 5) is 39.0. The highest BCUT2D eigenvalue weighted by molar-refractivity contribution is 7.19. The van der Waals surface area contributed by atoms with E-state index in [0.717, 1.165) is 16.9 Å². The van der Waals surface area contributed by atoms with Crippen molar-refractivity contribution in [1.29, 1.82) is 0 Å². The van der Waals surface area contributed by atoms with Gasteiger partial charge in [-0.2, -0.15) is 0 Å². The summed E-state index contributed by atoms with van der Waals surface area (Å²) in [5, 5.41) is 2.84. The molecule has 1 heterocycles. The van der Waals surface area contributed by atoms with E-state index in [2.05, 4.69) is 15.0 Å². The normalized spacial score (nSPS) is 10.0. The third-order valence-electron chi connectivity index (χ3n) is 2.81. The summed E-state index contributed by atoms with van der Waals surface area (Å²) >= 11 is 1.16. The number of hydrazine groups is 1. The number of anilines is 1. The van der Waals surface area contributed by atoms with Crippen LogP contribution in [0, 0.1) is 0 Å². The van der Waals surface area contributed by atoms with Crippen LogP contribution >= 0.6 is 11.3 Å². The van der Waals surface area contributed by atoms with Crippen LogP contribution in [-0.2, 0) is 14.3 Å². The minimum absolute atomic E-state index is 0.0724. The molecule has 132 valence electrons. The molecule has 1 aromatic heterocycles. The van der Waals surface area contributed by atoms with Crippen LogP contribution in [0.3, 0.4) is 0 Å². The van der Waals surface area contributed by atoms with E-state index in [1.807, 2.05) is 30.3 Å². The van der Waals surface area contributed by atoms with Gasteiger partial charge in [0.05, 0.1) is 4.88 Å². The standard InChI is InChI=1S/C15H16N4O5S/c1-9(20)17-14-18-11(12(25-14)10-5-3-2-4-6-10)13(21)23-7-8-24-15(22)19-16/h2-6H,7-8,16H2,1H3,(H,19,22)(H,17,18,20). The monoisotopic (exact) mass is 364 g/mol. The largest absolute Gasteiger partial charge is 0.457 e. The van der Waals surface area contributed by atoms with Crippen molar-refractivity contribution in [3.05, 3.63) is 36.0 Å². The van der Waals surface area contributed by atoms with Crippen molar-refractivity contribution in [2.75, 3.05) is 18.5 Å². The fourth-order valence-electron chi connectivity index (χ4n) is 1.83. The molecular weight excluding hydrogens is 348 g/mol. The number of hydrogen-bond acceptors (Lipinski definition) is 8. The molecule has 4 N–H and O–H groups in total. The number of ether oxygens (including phenoxy) is 2. The van der Waals surface area contributed by atoms with Gasteiger partial charge in [-0.1, -0.05) is 41.7 Å². The average molecular weight is 364 g/mol. The van der Waals surface area contributed by atoms with Gasteiger partial charge < -0.3 is 14.8 Å². The van der Waals surface area contributed by atoms with Crippen LogP contribution in [0.25, 0.3) is 10.4 Å². The molecule has 10 heteroatoms. The number of amides is 2. The number of aromatic nitrogens is 1. The van der Waals surface area contributed by atoms with E-state index in [-0.39, 0.29) is 29.9 Å². The summed E-state index contributed by atoms with van der Waals surface area (Å²) in [7, 11) is 0. The van der Waals surface area contributed by atoms with Gasteiger partial charge in [0.1, 0.15) is 13.2 Å². The molecule has 0 atom stereocenters. The average Bonchev–Trinajstić information content (AvgIpc) is 3.02. The molecule has 9 nitrogen and oxygen atoms in total. The Balaban J connectivity index is 2.14. The lowest BCUT2D eigenvalue weighted by Gasteiger charge is -2.05. The van der Waals surface area contributed by atoms with Gasteiger partial charge in [-0.3, -0.25) is 10.2 Å². The summed E-state index contributed by atoms with van der Waals surface area (Å²) in [6.07, 6.45) is -0.831. The van der Waals surface area contributed by atoms with E-state index in [4.69, 9.17) is 10.6 Å². The minimum Gasteiger partial charge on any atom is -0.457 e. The summed E-state index contributed by atoms with van der Waals surface area (Å²) < 4.78 is 9.67. The number of nitrogens with zero attached hydrogens (tertiary/aromatic N) is 1. The molecule has 2 rings (SSSR count). The van der Waals surface area contributed by atoms with Gasteiger partial charge in [-0.05, 0) is 5.56 Å². The fraction of sp³-hybridized carbons (Fsp3) is 0.200. The van der Waals surface area contributed by atoms with E-state index >= 15 is 0 Å². The predicted octanol–water partition coefficient (Wildman–Crippen LogP) is 1.53. The second-order valence-corrected chi connectivity index (χ2v) is 5.66. The second kappa shape index (κ2) is 8.76. The van der Waals surface area contributed by atoms with Crippen molar-refractivity contribution >= 4 is 34.4 Å². The summed E-state index contributed by atoms with van der Waals surface area (Å²) in [5.41, 5.74) is 2.62. The Labute approximate surface area is 147 Å². The minimum atomic E-state index is -0.831. The molecule has 0 unspecified atom stereocenters. The highest BCUT2D eigenvalue weighted by atomic mass is 32.1. The molecule has 2 amide bonds. The first kappa shape index (κ1) is 18.4. The third-order valence-corrected chi connectivity index (χ3v) is 3.83. The van der Waals surface area contributed by atoms with Crippen LogP contribution in [0.15, 0.2) is 30.3 Å². The smallest absolute Gasteiger partial charge is 0.421 e. The summed E-state index contributed by atoms with van der Waals surface area (Å²) in [6, 6.07) is 9.12. The number of rotatable bonds is 6. The van der Waals surface area contributed by atoms with Crippen LogP contribution in [0.4, 0.5) is 9.93 Å². The summed E-state index contributed by atoms with van der Waals surface area (Å²) in [6.45, 7) is 1.03. The van der Waals surface area contributed by atoms with Crippen LogP contribution in [0.2, 0.25) is 0 Å². The maximum absolute atomic E-state index is 12.3. The highest BCUT2D eigenvalue weighted by Crippen LogP contribution is 2.33. The lowest BCUT2D eigenvalue weighted by Crippen LogP contribution is -2.31. The number of benzene rings is 1. The number of carbonyl (C=O) groups excluding carboxylic acids is 3. The van der Waals surface area contributed by atoms with Crippen molar-refractivity contribution in [2.24, 2.45) is 5.84 Å². The maximum atomic E-state index is 12.3. The molecule has 0 spiro atoms. The van der Waals surface area contributed by atoms with Crippen LogP contribution in [-0.4, -0.2) is 36.2 Å². The van der Waals surface area contributed by atoms with E-state index in [9.17, 15) is 14.4 Å². The second-order valence-electron chi connectivity index (χ2n) is 4.66. The third kappa shape index (κ3) is 5.26. The van der Waals surface area contributed by atoms with Gasteiger partial charge >= 0.3 is 12.1 Å². The molecule has 0 aliphatic rings. The first-order valence-electron chi connectivity index (χ1n) is 7.15. The van der Waals surface area contributed by atoms with E-state index in [0.29, 0.717) is 4.88 Å². The molecule has 25 heavy (non-hydrogen) atoms. The number of esters is 1. The van der Waals surface area contributed by atoms with Gasteiger partial charge in [0, 0.05) is 6.92 Å². The Morgan fingerprint density at radius 3 is 2.48 bits per heavy atom. The molecule has 0 aliphatic heterocycles. The topological polar surface area (TPSA) is 133 Å². The number of hydrogen-bond donors (Lipinski definition) is 3. The first-order chi connectivity index (χ1) is 12.0. The lowest BCUT2D eigenvalue weighted by atomic mass is 10.1. The van der Waals surface area contributed by atoms with Gasteiger partial charge in [-0.15, -0.1) is 0 Å². The SMILES string of the molecule is CC(=O)Nc1nc(C(=O)OCCOC(=O)NN)c(-c2ccccc2)s1. The quantitative estimate of drug-likeness (QED) is 0.233. The van der Waals surface area contributed by atoms with E-state index < -0.39 is 12.1 Å². The molecule has 0 aliphatic carbocycles. The number of nitrogens with one attached hydrogen (secondary N) is 2. The van der Waals surface area contributed by atoms with Gasteiger partial charge in [0.15, 0.2) is 10.8 Å². The Bertz CT molecular complexity index is 763. The van der Waals surface area contributed by atoms with Crippen LogP contribution < -0.4 is 16.6 Å². The molecule has 0 fully saturated rings. The lowest BCUT2D eigenvalue weighted by molar-refractivity contribution is -0.114. The molecule has 0 saturated heterocycles.